The fourth-order valence-corrected chi connectivity index (χ4v) is 2.68. The highest BCUT2D eigenvalue weighted by Crippen LogP contribution is 2.21. The Balaban J connectivity index is 0.00000480. The minimum absolute atomic E-state index is 0. The van der Waals surface area contributed by atoms with Gasteiger partial charge in [-0.3, -0.25) is 4.99 Å². The highest BCUT2D eigenvalue weighted by Gasteiger charge is 2.13. The van der Waals surface area contributed by atoms with Gasteiger partial charge in [0.15, 0.2) is 5.96 Å². The number of benzene rings is 2. The second-order valence-corrected chi connectivity index (χ2v) is 6.30. The van der Waals surface area contributed by atoms with E-state index in [0.717, 1.165) is 23.4 Å². The molecule has 0 aliphatic rings. The summed E-state index contributed by atoms with van der Waals surface area (Å²) in [6.45, 7) is 1.75. The van der Waals surface area contributed by atoms with E-state index < -0.39 is 5.97 Å². The molecular weight excluding hydrogens is 513 g/mol. The number of carbonyl (C=O) groups excluding carboxylic acids is 1. The number of anilines is 1. The quantitative estimate of drug-likeness (QED) is 0.155. The van der Waals surface area contributed by atoms with Crippen LogP contribution in [0.15, 0.2) is 47.5 Å². The molecule has 0 aliphatic carbocycles. The van der Waals surface area contributed by atoms with Gasteiger partial charge < -0.3 is 29.6 Å². The summed E-state index contributed by atoms with van der Waals surface area (Å²) in [6, 6.07) is 13.0. The zero-order valence-electron chi connectivity index (χ0n) is 18.3. The molecule has 0 atom stereocenters. The highest BCUT2D eigenvalue weighted by molar-refractivity contribution is 14.0. The first-order valence-corrected chi connectivity index (χ1v) is 9.56. The van der Waals surface area contributed by atoms with Gasteiger partial charge in [-0.2, -0.15) is 0 Å². The van der Waals surface area contributed by atoms with Crippen LogP contribution in [0.5, 0.6) is 11.5 Å². The number of rotatable bonds is 10. The largest absolute Gasteiger partial charge is 0.496 e. The first kappa shape index (κ1) is 26.5. The highest BCUT2D eigenvalue weighted by atomic mass is 127. The van der Waals surface area contributed by atoms with E-state index in [2.05, 4.69) is 15.6 Å². The lowest BCUT2D eigenvalue weighted by molar-refractivity contribution is 0.0597. The Hall–Kier alpha value is -2.53. The first-order valence-electron chi connectivity index (χ1n) is 9.56. The fourth-order valence-electron chi connectivity index (χ4n) is 2.68. The molecule has 0 saturated carbocycles. The van der Waals surface area contributed by atoms with E-state index in [-0.39, 0.29) is 24.0 Å². The molecule has 2 N–H and O–H groups in total. The molecule has 0 heterocycles. The van der Waals surface area contributed by atoms with Crippen LogP contribution < -0.4 is 20.1 Å². The van der Waals surface area contributed by atoms with Gasteiger partial charge in [0.2, 0.25) is 0 Å². The minimum atomic E-state index is -0.437. The molecule has 0 bridgehead atoms. The third-order valence-electron chi connectivity index (χ3n) is 4.21. The molecule has 8 nitrogen and oxygen atoms in total. The number of aliphatic imine (C=N–C) groups is 1. The minimum Gasteiger partial charge on any atom is -0.496 e. The Morgan fingerprint density at radius 2 is 1.87 bits per heavy atom. The van der Waals surface area contributed by atoms with Gasteiger partial charge in [0.05, 0.1) is 20.8 Å². The summed E-state index contributed by atoms with van der Waals surface area (Å²) in [5, 5.41) is 6.47. The number of esters is 1. The van der Waals surface area contributed by atoms with E-state index in [1.54, 1.807) is 26.3 Å². The number of halogens is 1. The zero-order valence-corrected chi connectivity index (χ0v) is 20.6. The monoisotopic (exact) mass is 543 g/mol. The number of carbonyl (C=O) groups is 1. The normalized spacial score (nSPS) is 10.6. The van der Waals surface area contributed by atoms with Crippen LogP contribution in [-0.4, -0.2) is 53.5 Å². The molecular formula is C22H30IN3O5. The summed E-state index contributed by atoms with van der Waals surface area (Å²) in [7, 11) is 6.23. The van der Waals surface area contributed by atoms with E-state index in [1.807, 2.05) is 30.3 Å². The first-order chi connectivity index (χ1) is 14.6. The summed E-state index contributed by atoms with van der Waals surface area (Å²) in [5.74, 6) is 1.40. The molecule has 31 heavy (non-hydrogen) atoms. The summed E-state index contributed by atoms with van der Waals surface area (Å²) in [4.78, 5) is 16.0. The predicted octanol–water partition coefficient (Wildman–Crippen LogP) is 3.70. The van der Waals surface area contributed by atoms with Gasteiger partial charge in [-0.1, -0.05) is 12.1 Å². The van der Waals surface area contributed by atoms with Crippen molar-refractivity contribution >= 4 is 41.6 Å². The third-order valence-corrected chi connectivity index (χ3v) is 4.21. The van der Waals surface area contributed by atoms with Crippen molar-refractivity contribution < 1.29 is 23.7 Å². The topological polar surface area (TPSA) is 90.4 Å². The second kappa shape index (κ2) is 14.5. The molecule has 9 heteroatoms. The van der Waals surface area contributed by atoms with E-state index in [9.17, 15) is 4.79 Å². The van der Waals surface area contributed by atoms with Gasteiger partial charge >= 0.3 is 5.97 Å². The number of nitrogens with one attached hydrogen (secondary N) is 2. The molecule has 0 radical (unpaired) electrons. The summed E-state index contributed by atoms with van der Waals surface area (Å²) in [5.41, 5.74) is 2.16. The maximum Gasteiger partial charge on any atom is 0.341 e. The lowest BCUT2D eigenvalue weighted by Gasteiger charge is -2.14. The Morgan fingerprint density at radius 3 is 2.55 bits per heavy atom. The van der Waals surface area contributed by atoms with E-state index >= 15 is 0 Å². The van der Waals surface area contributed by atoms with Gasteiger partial charge in [-0.25, -0.2) is 4.79 Å². The molecule has 0 aromatic heterocycles. The lowest BCUT2D eigenvalue weighted by atomic mass is 10.1. The average Bonchev–Trinajstić information content (AvgIpc) is 2.79. The fraction of sp³-hybridized carbons (Fsp3) is 0.364. The number of methoxy groups -OCH3 is 3. The van der Waals surface area contributed by atoms with Crippen molar-refractivity contribution in [3.63, 3.8) is 0 Å². The molecule has 2 aromatic carbocycles. The Labute approximate surface area is 200 Å². The molecule has 2 aromatic rings. The Morgan fingerprint density at radius 1 is 1.06 bits per heavy atom. The molecule has 0 aliphatic heterocycles. The number of guanidine groups is 1. The second-order valence-electron chi connectivity index (χ2n) is 6.30. The van der Waals surface area contributed by atoms with Crippen molar-refractivity contribution in [1.82, 2.24) is 5.32 Å². The average molecular weight is 543 g/mol. The van der Waals surface area contributed by atoms with E-state index in [4.69, 9.17) is 18.9 Å². The van der Waals surface area contributed by atoms with Crippen LogP contribution in [0.25, 0.3) is 0 Å². The number of hydrogen-bond acceptors (Lipinski definition) is 6. The van der Waals surface area contributed by atoms with E-state index in [1.165, 1.54) is 14.2 Å². The lowest BCUT2D eigenvalue weighted by Crippen LogP contribution is -2.30. The van der Waals surface area contributed by atoms with Crippen molar-refractivity contribution in [3.05, 3.63) is 53.6 Å². The Bertz CT molecular complexity index is 861. The molecule has 170 valence electrons. The number of ether oxygens (including phenoxy) is 4. The maximum atomic E-state index is 11.8. The van der Waals surface area contributed by atoms with Crippen LogP contribution in [0.2, 0.25) is 0 Å². The summed E-state index contributed by atoms with van der Waals surface area (Å²) >= 11 is 0. The molecule has 0 unspecified atom stereocenters. The van der Waals surface area contributed by atoms with Crippen molar-refractivity contribution in [3.8, 4) is 11.5 Å². The maximum absolute atomic E-state index is 11.8. The number of hydrogen-bond donors (Lipinski definition) is 2. The van der Waals surface area contributed by atoms with Crippen molar-refractivity contribution in [1.29, 1.82) is 0 Å². The van der Waals surface area contributed by atoms with E-state index in [0.29, 0.717) is 37.0 Å². The van der Waals surface area contributed by atoms with Crippen LogP contribution in [0.4, 0.5) is 5.69 Å². The van der Waals surface area contributed by atoms with Crippen LogP contribution >= 0.6 is 24.0 Å². The smallest absolute Gasteiger partial charge is 0.341 e. The Kier molecular flexibility index (Phi) is 12.4. The predicted molar refractivity (Wildman–Crippen MR) is 132 cm³/mol. The van der Waals surface area contributed by atoms with Gasteiger partial charge in [0.1, 0.15) is 17.1 Å². The van der Waals surface area contributed by atoms with Crippen LogP contribution in [-0.2, 0) is 16.0 Å². The third kappa shape index (κ3) is 8.62. The van der Waals surface area contributed by atoms with Crippen LogP contribution in [0.3, 0.4) is 0 Å². The van der Waals surface area contributed by atoms with Gasteiger partial charge in [-0.15, -0.1) is 24.0 Å². The molecule has 0 spiro atoms. The summed E-state index contributed by atoms with van der Waals surface area (Å²) < 4.78 is 20.8. The van der Waals surface area contributed by atoms with Gasteiger partial charge in [-0.05, 0) is 29.8 Å². The van der Waals surface area contributed by atoms with Crippen molar-refractivity contribution in [2.75, 3.05) is 46.9 Å². The number of nitrogens with zero attached hydrogens (tertiary/aromatic N) is 1. The van der Waals surface area contributed by atoms with Gasteiger partial charge in [0, 0.05) is 45.5 Å². The SMILES string of the molecule is CN=C(NCc1ccc(C(=O)OC)c(OC)c1)Nc1cccc(OCCCOC)c1.I. The standard InChI is InChI=1S/C22H29N3O5.HI/c1-23-22(25-17-7-5-8-18(14-17)30-12-6-11-27-2)24-15-16-9-10-19(21(26)29-4)20(13-16)28-3;/h5,7-10,13-14H,6,11-12,15H2,1-4H3,(H2,23,24,25);1H. The zero-order chi connectivity index (χ0) is 21.8. The molecule has 0 saturated heterocycles. The van der Waals surface area contributed by atoms with Crippen LogP contribution in [0, 0.1) is 0 Å². The molecule has 0 fully saturated rings. The van der Waals surface area contributed by atoms with Crippen molar-refractivity contribution in [2.24, 2.45) is 4.99 Å². The van der Waals surface area contributed by atoms with Crippen molar-refractivity contribution in [2.45, 2.75) is 13.0 Å². The van der Waals surface area contributed by atoms with Gasteiger partial charge in [0.25, 0.3) is 0 Å². The van der Waals surface area contributed by atoms with Crippen LogP contribution in [0.1, 0.15) is 22.3 Å². The molecule has 2 rings (SSSR count). The molecule has 0 amide bonds. The summed E-state index contributed by atoms with van der Waals surface area (Å²) in [6.07, 6.45) is 0.829.